The van der Waals surface area contributed by atoms with Crippen LogP contribution in [0.1, 0.15) is 43.1 Å². The predicted molar refractivity (Wildman–Crippen MR) is 150 cm³/mol. The number of likely N-dealkylation sites (tertiary alicyclic amines) is 2. The topological polar surface area (TPSA) is 78.2 Å². The Morgan fingerprint density at radius 3 is 2.55 bits per heavy atom. The van der Waals surface area contributed by atoms with Gasteiger partial charge in [-0.15, -0.1) is 0 Å². The van der Waals surface area contributed by atoms with E-state index in [-0.39, 0.29) is 18.2 Å². The smallest absolute Gasteiger partial charge is 0.380 e. The van der Waals surface area contributed by atoms with Crippen molar-refractivity contribution in [3.8, 4) is 5.75 Å². The van der Waals surface area contributed by atoms with Crippen LogP contribution in [0.3, 0.4) is 0 Å². The molecule has 40 heavy (non-hydrogen) atoms. The molecule has 2 aliphatic rings. The Balaban J connectivity index is 1.33. The summed E-state index contributed by atoms with van der Waals surface area (Å²) in [5.41, 5.74) is 0.588. The van der Waals surface area contributed by atoms with Crippen molar-refractivity contribution in [1.29, 1.82) is 0 Å². The summed E-state index contributed by atoms with van der Waals surface area (Å²) in [6.07, 6.45) is 2.45. The second-order valence-electron chi connectivity index (χ2n) is 10.7. The number of hydrogen-bond acceptors (Lipinski definition) is 6. The molecule has 216 valence electrons. The van der Waals surface area contributed by atoms with Crippen molar-refractivity contribution < 1.29 is 27.8 Å². The van der Waals surface area contributed by atoms with E-state index in [1.54, 1.807) is 18.2 Å². The Morgan fingerprint density at radius 2 is 1.85 bits per heavy atom. The molecular weight excluding hydrogens is 563 g/mol. The van der Waals surface area contributed by atoms with E-state index in [0.29, 0.717) is 26.7 Å². The number of furan rings is 1. The number of amides is 1. The summed E-state index contributed by atoms with van der Waals surface area (Å²) >= 11 is 12.5. The van der Waals surface area contributed by atoms with E-state index in [9.17, 15) is 9.90 Å². The lowest BCUT2D eigenvalue weighted by atomic mass is 10.0. The molecule has 2 aliphatic heterocycles. The molecule has 1 amide bonds. The van der Waals surface area contributed by atoms with Crippen molar-refractivity contribution in [3.05, 3.63) is 63.8 Å². The summed E-state index contributed by atoms with van der Waals surface area (Å²) in [4.78, 5) is 17.2. The van der Waals surface area contributed by atoms with Crippen LogP contribution in [0.15, 0.2) is 46.9 Å². The van der Waals surface area contributed by atoms with Crippen LogP contribution in [-0.2, 0) is 10.7 Å². The number of carbonyl (C=O) groups is 1. The average Bonchev–Trinajstić information content (AvgIpc) is 3.60. The normalized spacial score (nSPS) is 19.1. The maximum Gasteiger partial charge on any atom is 0.380 e. The van der Waals surface area contributed by atoms with Crippen LogP contribution in [0.2, 0.25) is 10.0 Å². The lowest BCUT2D eigenvalue weighted by molar-refractivity contribution is -0.151. The van der Waals surface area contributed by atoms with E-state index < -0.39 is 29.7 Å². The first-order chi connectivity index (χ1) is 19.1. The molecule has 0 aliphatic carbocycles. The maximum absolute atomic E-state index is 15.3. The molecule has 5 rings (SSSR count). The summed E-state index contributed by atoms with van der Waals surface area (Å²) in [6, 6.07) is 9.48. The van der Waals surface area contributed by atoms with Crippen LogP contribution < -0.4 is 10.1 Å². The lowest BCUT2D eigenvalue weighted by Crippen LogP contribution is -2.50. The SMILES string of the molecule is CN1CCC(Oc2ccc([C@@H](O)[C@@H](CN3CCCC3)NC(=O)C(F)(F)c3cc4cc(Cl)ccc4o3)cc2Cl)CC1. The van der Waals surface area contributed by atoms with E-state index in [2.05, 4.69) is 17.3 Å². The summed E-state index contributed by atoms with van der Waals surface area (Å²) in [5, 5.41) is 14.7. The summed E-state index contributed by atoms with van der Waals surface area (Å²) in [5.74, 6) is -5.83. The third-order valence-electron chi connectivity index (χ3n) is 7.68. The van der Waals surface area contributed by atoms with Crippen LogP contribution in [0.5, 0.6) is 5.75 Å². The third kappa shape index (κ3) is 6.55. The minimum absolute atomic E-state index is 0.0446. The highest BCUT2D eigenvalue weighted by Crippen LogP contribution is 2.35. The van der Waals surface area contributed by atoms with Crippen molar-refractivity contribution in [2.24, 2.45) is 0 Å². The number of alkyl halides is 2. The zero-order chi connectivity index (χ0) is 28.4. The van der Waals surface area contributed by atoms with Crippen LogP contribution in [0.4, 0.5) is 8.78 Å². The van der Waals surface area contributed by atoms with Gasteiger partial charge < -0.3 is 29.4 Å². The second-order valence-corrected chi connectivity index (χ2v) is 11.6. The molecule has 2 aromatic carbocycles. The Hall–Kier alpha value is -2.43. The molecule has 7 nitrogen and oxygen atoms in total. The fourth-order valence-electron chi connectivity index (χ4n) is 5.32. The molecule has 3 heterocycles. The standard InChI is InChI=1S/C29H33Cl2F2N3O4/c1-35-12-8-21(9-13-35)39-25-6-4-18(15-22(25)31)27(37)23(17-36-10-2-3-11-36)34-28(38)29(32,33)26-16-19-14-20(30)5-7-24(19)40-26/h4-7,14-16,21,23,27,37H,2-3,8-13,17H2,1H3,(H,34,38)/t23-,27-/m1/s1. The number of benzene rings is 2. The molecule has 0 bridgehead atoms. The van der Waals surface area contributed by atoms with E-state index >= 15 is 8.78 Å². The van der Waals surface area contributed by atoms with Gasteiger partial charge in [-0.1, -0.05) is 29.3 Å². The molecule has 2 N–H and O–H groups in total. The van der Waals surface area contributed by atoms with Crippen molar-refractivity contribution in [1.82, 2.24) is 15.1 Å². The maximum atomic E-state index is 15.3. The van der Waals surface area contributed by atoms with Crippen LogP contribution >= 0.6 is 23.2 Å². The Bertz CT molecular complexity index is 1340. The number of ether oxygens (including phenoxy) is 1. The summed E-state index contributed by atoms with van der Waals surface area (Å²) in [7, 11) is 2.07. The van der Waals surface area contributed by atoms with Crippen LogP contribution in [0, 0.1) is 0 Å². The van der Waals surface area contributed by atoms with Crippen molar-refractivity contribution >= 4 is 40.1 Å². The fourth-order valence-corrected chi connectivity index (χ4v) is 5.73. The predicted octanol–water partition coefficient (Wildman–Crippen LogP) is 5.62. The number of carbonyl (C=O) groups excluding carboxylic acids is 1. The molecular formula is C29H33Cl2F2N3O4. The number of nitrogens with zero attached hydrogens (tertiary/aromatic N) is 2. The highest BCUT2D eigenvalue weighted by atomic mass is 35.5. The molecule has 0 unspecified atom stereocenters. The van der Waals surface area contributed by atoms with Crippen LogP contribution in [0.25, 0.3) is 11.0 Å². The van der Waals surface area contributed by atoms with Gasteiger partial charge in [0.25, 0.3) is 5.91 Å². The number of nitrogens with one attached hydrogen (secondary N) is 1. The van der Waals surface area contributed by atoms with Gasteiger partial charge in [0, 0.05) is 30.0 Å². The highest BCUT2D eigenvalue weighted by molar-refractivity contribution is 6.32. The van der Waals surface area contributed by atoms with Crippen molar-refractivity contribution in [2.75, 3.05) is 39.8 Å². The van der Waals surface area contributed by atoms with Gasteiger partial charge in [-0.3, -0.25) is 4.79 Å². The number of aliphatic hydroxyl groups excluding tert-OH is 1. The first-order valence-electron chi connectivity index (χ1n) is 13.5. The summed E-state index contributed by atoms with van der Waals surface area (Å²) < 4.78 is 42.0. The first kappa shape index (κ1) is 29.1. The van der Waals surface area contributed by atoms with Gasteiger partial charge in [-0.25, -0.2) is 0 Å². The molecule has 2 fully saturated rings. The molecule has 0 saturated carbocycles. The van der Waals surface area contributed by atoms with Gasteiger partial charge in [0.2, 0.25) is 0 Å². The molecule has 0 radical (unpaired) electrons. The van der Waals surface area contributed by atoms with E-state index in [1.807, 2.05) is 4.90 Å². The average molecular weight is 597 g/mol. The van der Waals surface area contributed by atoms with Crippen molar-refractivity contribution in [3.63, 3.8) is 0 Å². The highest BCUT2D eigenvalue weighted by Gasteiger charge is 2.46. The van der Waals surface area contributed by atoms with Gasteiger partial charge in [-0.05, 0) is 87.8 Å². The molecule has 1 aromatic heterocycles. The Morgan fingerprint density at radius 1 is 1.12 bits per heavy atom. The minimum atomic E-state index is -3.97. The Labute approximate surface area is 242 Å². The van der Waals surface area contributed by atoms with Gasteiger partial charge in [0.1, 0.15) is 23.5 Å². The second kappa shape index (κ2) is 12.2. The fraction of sp³-hybridized carbons (Fsp3) is 0.483. The van der Waals surface area contributed by atoms with Crippen LogP contribution in [-0.4, -0.2) is 72.7 Å². The monoisotopic (exact) mass is 595 g/mol. The molecule has 2 saturated heterocycles. The number of halogens is 4. The summed E-state index contributed by atoms with van der Waals surface area (Å²) in [6.45, 7) is 3.57. The minimum Gasteiger partial charge on any atom is -0.489 e. The largest absolute Gasteiger partial charge is 0.489 e. The Kier molecular flexibility index (Phi) is 8.87. The van der Waals surface area contributed by atoms with E-state index in [4.69, 9.17) is 32.4 Å². The molecule has 2 atom stereocenters. The van der Waals surface area contributed by atoms with Gasteiger partial charge >= 0.3 is 5.92 Å². The zero-order valence-electron chi connectivity index (χ0n) is 22.2. The van der Waals surface area contributed by atoms with Gasteiger partial charge in [0.15, 0.2) is 5.76 Å². The quantitative estimate of drug-likeness (QED) is 0.334. The third-order valence-corrected chi connectivity index (χ3v) is 8.21. The van der Waals surface area contributed by atoms with Gasteiger partial charge in [0.05, 0.1) is 11.1 Å². The number of aliphatic hydroxyl groups is 1. The number of piperidine rings is 1. The number of rotatable bonds is 9. The van der Waals surface area contributed by atoms with Gasteiger partial charge in [-0.2, -0.15) is 8.78 Å². The first-order valence-corrected chi connectivity index (χ1v) is 14.3. The lowest BCUT2D eigenvalue weighted by Gasteiger charge is -2.31. The number of hydrogen-bond donors (Lipinski definition) is 2. The molecule has 0 spiro atoms. The van der Waals surface area contributed by atoms with Crippen molar-refractivity contribution in [2.45, 2.75) is 49.9 Å². The molecule has 3 aromatic rings. The van der Waals surface area contributed by atoms with E-state index in [1.165, 1.54) is 18.2 Å². The zero-order valence-corrected chi connectivity index (χ0v) is 23.7. The van der Waals surface area contributed by atoms with E-state index in [0.717, 1.165) is 57.9 Å². The molecule has 11 heteroatoms. The number of fused-ring (bicyclic) bond motifs is 1.